The van der Waals surface area contributed by atoms with Gasteiger partial charge in [-0.15, -0.1) is 0 Å². The van der Waals surface area contributed by atoms with Crippen molar-refractivity contribution in [2.75, 3.05) is 0 Å². The molecule has 0 N–H and O–H groups in total. The van der Waals surface area contributed by atoms with Crippen LogP contribution < -0.4 is 4.74 Å². The first-order valence-electron chi connectivity index (χ1n) is 4.97. The molecule has 0 fully saturated rings. The molecule has 0 spiro atoms. The molecule has 0 amide bonds. The molecule has 1 radical (unpaired) electrons. The third-order valence-electron chi connectivity index (χ3n) is 2.39. The third-order valence-corrected chi connectivity index (χ3v) is 2.39. The van der Waals surface area contributed by atoms with E-state index in [1.54, 1.807) is 0 Å². The van der Waals surface area contributed by atoms with Crippen LogP contribution in [0.4, 0.5) is 0 Å². The molecule has 0 saturated carbocycles. The van der Waals surface area contributed by atoms with Gasteiger partial charge in [0.05, 0.1) is 0 Å². The fourth-order valence-corrected chi connectivity index (χ4v) is 1.35. The van der Waals surface area contributed by atoms with Crippen LogP contribution in [-0.2, 0) is 0 Å². The van der Waals surface area contributed by atoms with Crippen LogP contribution >= 0.6 is 0 Å². The SMILES string of the molecule is Cc1ccc(Oc2c[c]ccc2)cc1C. The van der Waals surface area contributed by atoms with E-state index in [0.29, 0.717) is 0 Å². The van der Waals surface area contributed by atoms with Crippen LogP contribution in [-0.4, -0.2) is 0 Å². The van der Waals surface area contributed by atoms with Crippen molar-refractivity contribution in [2.24, 2.45) is 0 Å². The summed E-state index contributed by atoms with van der Waals surface area (Å²) in [7, 11) is 0. The van der Waals surface area contributed by atoms with Gasteiger partial charge < -0.3 is 4.74 Å². The van der Waals surface area contributed by atoms with Gasteiger partial charge in [0.2, 0.25) is 0 Å². The highest BCUT2D eigenvalue weighted by Gasteiger charge is 1.98. The Hall–Kier alpha value is -1.76. The van der Waals surface area contributed by atoms with Crippen molar-refractivity contribution in [3.05, 3.63) is 59.7 Å². The molecule has 2 aromatic rings. The van der Waals surface area contributed by atoms with Gasteiger partial charge >= 0.3 is 0 Å². The summed E-state index contributed by atoms with van der Waals surface area (Å²) < 4.78 is 5.68. The minimum absolute atomic E-state index is 0.820. The lowest BCUT2D eigenvalue weighted by atomic mass is 10.1. The summed E-state index contributed by atoms with van der Waals surface area (Å²) in [5.74, 6) is 1.69. The molecule has 2 rings (SSSR count). The molecule has 2 aromatic carbocycles. The predicted octanol–water partition coefficient (Wildman–Crippen LogP) is 3.90. The summed E-state index contributed by atoms with van der Waals surface area (Å²) in [6.07, 6.45) is 0. The number of hydrogen-bond acceptors (Lipinski definition) is 1. The molecular weight excluding hydrogens is 184 g/mol. The maximum absolute atomic E-state index is 5.68. The van der Waals surface area contributed by atoms with Crippen molar-refractivity contribution in [3.63, 3.8) is 0 Å². The molecule has 15 heavy (non-hydrogen) atoms. The first kappa shape index (κ1) is 9.78. The van der Waals surface area contributed by atoms with Gasteiger partial charge in [-0.1, -0.05) is 18.2 Å². The van der Waals surface area contributed by atoms with E-state index in [2.05, 4.69) is 26.0 Å². The second-order valence-electron chi connectivity index (χ2n) is 3.59. The topological polar surface area (TPSA) is 9.23 Å². The number of ether oxygens (including phenoxy) is 1. The molecule has 75 valence electrons. The van der Waals surface area contributed by atoms with Crippen molar-refractivity contribution in [2.45, 2.75) is 13.8 Å². The monoisotopic (exact) mass is 197 g/mol. The van der Waals surface area contributed by atoms with E-state index in [4.69, 9.17) is 4.74 Å². The van der Waals surface area contributed by atoms with Crippen molar-refractivity contribution < 1.29 is 4.74 Å². The highest BCUT2D eigenvalue weighted by molar-refractivity contribution is 5.36. The lowest BCUT2D eigenvalue weighted by Gasteiger charge is -2.07. The number of benzene rings is 2. The Balaban J connectivity index is 2.22. The van der Waals surface area contributed by atoms with E-state index < -0.39 is 0 Å². The van der Waals surface area contributed by atoms with Crippen molar-refractivity contribution in [1.82, 2.24) is 0 Å². The predicted molar refractivity (Wildman–Crippen MR) is 61.3 cm³/mol. The fraction of sp³-hybridized carbons (Fsp3) is 0.143. The summed E-state index contributed by atoms with van der Waals surface area (Å²) in [4.78, 5) is 0. The standard InChI is InChI=1S/C14H13O/c1-11-8-9-14(10-12(11)2)15-13-6-4-3-5-7-13/h3-4,6-10H,1-2H3. The number of rotatable bonds is 2. The van der Waals surface area contributed by atoms with Crippen LogP contribution in [0.15, 0.2) is 42.5 Å². The Bertz CT molecular complexity index is 446. The van der Waals surface area contributed by atoms with E-state index in [-0.39, 0.29) is 0 Å². The van der Waals surface area contributed by atoms with Crippen LogP contribution in [0.3, 0.4) is 0 Å². The third kappa shape index (κ3) is 2.38. The second-order valence-corrected chi connectivity index (χ2v) is 3.59. The molecule has 0 aliphatic rings. The molecule has 0 saturated heterocycles. The number of hydrogen-bond donors (Lipinski definition) is 0. The largest absolute Gasteiger partial charge is 0.457 e. The maximum atomic E-state index is 5.68. The zero-order chi connectivity index (χ0) is 10.7. The highest BCUT2D eigenvalue weighted by Crippen LogP contribution is 2.22. The maximum Gasteiger partial charge on any atom is 0.128 e. The average molecular weight is 197 g/mol. The van der Waals surface area contributed by atoms with Crippen LogP contribution in [0.1, 0.15) is 11.1 Å². The zero-order valence-electron chi connectivity index (χ0n) is 8.95. The first-order valence-corrected chi connectivity index (χ1v) is 4.97. The minimum Gasteiger partial charge on any atom is -0.457 e. The Morgan fingerprint density at radius 3 is 2.53 bits per heavy atom. The van der Waals surface area contributed by atoms with Gasteiger partial charge in [0.25, 0.3) is 0 Å². The number of aryl methyl sites for hydroxylation is 2. The van der Waals surface area contributed by atoms with E-state index in [0.717, 1.165) is 11.5 Å². The quantitative estimate of drug-likeness (QED) is 0.709. The van der Waals surface area contributed by atoms with E-state index >= 15 is 0 Å². The van der Waals surface area contributed by atoms with Crippen molar-refractivity contribution >= 4 is 0 Å². The zero-order valence-corrected chi connectivity index (χ0v) is 8.95. The van der Waals surface area contributed by atoms with Crippen LogP contribution in [0.5, 0.6) is 11.5 Å². The average Bonchev–Trinajstić information content (AvgIpc) is 2.25. The molecule has 0 aliphatic heterocycles. The lowest BCUT2D eigenvalue weighted by molar-refractivity contribution is 0.482. The molecule has 0 unspecified atom stereocenters. The Kier molecular flexibility index (Phi) is 2.72. The smallest absolute Gasteiger partial charge is 0.128 e. The van der Waals surface area contributed by atoms with Crippen molar-refractivity contribution in [1.29, 1.82) is 0 Å². The summed E-state index contributed by atoms with van der Waals surface area (Å²) >= 11 is 0. The van der Waals surface area contributed by atoms with Crippen LogP contribution in [0.25, 0.3) is 0 Å². The fourth-order valence-electron chi connectivity index (χ4n) is 1.35. The molecule has 0 bridgehead atoms. The summed E-state index contributed by atoms with van der Waals surface area (Å²) in [5.41, 5.74) is 2.52. The summed E-state index contributed by atoms with van der Waals surface area (Å²) in [6, 6.07) is 16.6. The van der Waals surface area contributed by atoms with Crippen molar-refractivity contribution in [3.8, 4) is 11.5 Å². The van der Waals surface area contributed by atoms with E-state index in [1.165, 1.54) is 11.1 Å². The van der Waals surface area contributed by atoms with Gasteiger partial charge in [0.15, 0.2) is 0 Å². The van der Waals surface area contributed by atoms with Gasteiger partial charge in [-0.2, -0.15) is 0 Å². The first-order chi connectivity index (χ1) is 7.25. The Morgan fingerprint density at radius 1 is 1.00 bits per heavy atom. The van der Waals surface area contributed by atoms with E-state index in [1.807, 2.05) is 36.4 Å². The lowest BCUT2D eigenvalue weighted by Crippen LogP contribution is -1.86. The molecule has 0 atom stereocenters. The molecular formula is C14H13O. The normalized spacial score (nSPS) is 10.0. The van der Waals surface area contributed by atoms with Gasteiger partial charge in [0, 0.05) is 0 Å². The van der Waals surface area contributed by atoms with E-state index in [9.17, 15) is 0 Å². The molecule has 0 aromatic heterocycles. The van der Waals surface area contributed by atoms with Crippen LogP contribution in [0, 0.1) is 19.9 Å². The highest BCUT2D eigenvalue weighted by atomic mass is 16.5. The Labute approximate surface area is 90.3 Å². The molecule has 0 aliphatic carbocycles. The summed E-state index contributed by atoms with van der Waals surface area (Å²) in [5, 5.41) is 0. The summed E-state index contributed by atoms with van der Waals surface area (Å²) in [6.45, 7) is 4.18. The van der Waals surface area contributed by atoms with Gasteiger partial charge in [-0.25, -0.2) is 0 Å². The van der Waals surface area contributed by atoms with Gasteiger partial charge in [-0.3, -0.25) is 0 Å². The Morgan fingerprint density at radius 2 is 1.87 bits per heavy atom. The second kappa shape index (κ2) is 4.18. The molecule has 0 heterocycles. The molecule has 1 nitrogen and oxygen atoms in total. The minimum atomic E-state index is 0.820. The van der Waals surface area contributed by atoms with Gasteiger partial charge in [-0.05, 0) is 55.3 Å². The van der Waals surface area contributed by atoms with Crippen LogP contribution in [0.2, 0.25) is 0 Å². The molecule has 1 heteroatoms. The van der Waals surface area contributed by atoms with Gasteiger partial charge in [0.1, 0.15) is 11.5 Å².